The topological polar surface area (TPSA) is 70.5 Å². The van der Waals surface area contributed by atoms with Crippen LogP contribution in [0, 0.1) is 5.82 Å². The molecule has 7 nitrogen and oxygen atoms in total. The van der Waals surface area contributed by atoms with E-state index in [4.69, 9.17) is 0 Å². The van der Waals surface area contributed by atoms with E-state index in [-0.39, 0.29) is 23.7 Å². The Hall–Kier alpha value is -2.74. The maximum atomic E-state index is 13.2. The SMILES string of the molecule is O=C(c1cncn1-c1ccc(F)cc1)N1CCCC(N2CCNCC2=O)C1. The molecule has 1 aromatic heterocycles. The fraction of sp³-hybridized carbons (Fsp3) is 0.421. The highest BCUT2D eigenvalue weighted by Crippen LogP contribution is 2.20. The second kappa shape index (κ2) is 7.48. The quantitative estimate of drug-likeness (QED) is 0.876. The number of piperidine rings is 1. The molecule has 1 N–H and O–H groups in total. The van der Waals surface area contributed by atoms with Gasteiger partial charge in [0.05, 0.1) is 19.1 Å². The summed E-state index contributed by atoms with van der Waals surface area (Å²) in [5, 5.41) is 3.08. The van der Waals surface area contributed by atoms with E-state index >= 15 is 0 Å². The van der Waals surface area contributed by atoms with Gasteiger partial charge >= 0.3 is 0 Å². The summed E-state index contributed by atoms with van der Waals surface area (Å²) in [5.74, 6) is -0.354. The number of halogens is 1. The van der Waals surface area contributed by atoms with E-state index in [1.807, 2.05) is 4.90 Å². The highest BCUT2D eigenvalue weighted by Gasteiger charge is 2.32. The number of amides is 2. The molecule has 1 unspecified atom stereocenters. The first kappa shape index (κ1) is 17.7. The van der Waals surface area contributed by atoms with E-state index < -0.39 is 0 Å². The van der Waals surface area contributed by atoms with Crippen LogP contribution in [0.5, 0.6) is 0 Å². The van der Waals surface area contributed by atoms with E-state index in [1.54, 1.807) is 27.9 Å². The normalized spacial score (nSPS) is 20.8. The summed E-state index contributed by atoms with van der Waals surface area (Å²) in [6.45, 7) is 3.01. The summed E-state index contributed by atoms with van der Waals surface area (Å²) in [6, 6.07) is 6.00. The molecule has 0 aliphatic carbocycles. The molecule has 1 aromatic carbocycles. The van der Waals surface area contributed by atoms with Crippen molar-refractivity contribution in [2.45, 2.75) is 18.9 Å². The number of likely N-dealkylation sites (tertiary alicyclic amines) is 1. The largest absolute Gasteiger partial charge is 0.336 e. The van der Waals surface area contributed by atoms with Crippen LogP contribution in [0.4, 0.5) is 4.39 Å². The van der Waals surface area contributed by atoms with Gasteiger partial charge in [0.25, 0.3) is 5.91 Å². The summed E-state index contributed by atoms with van der Waals surface area (Å²) >= 11 is 0. The van der Waals surface area contributed by atoms with E-state index in [0.29, 0.717) is 37.6 Å². The number of carbonyl (C=O) groups is 2. The molecular formula is C19H22FN5O2. The van der Waals surface area contributed by atoms with E-state index in [0.717, 1.165) is 19.4 Å². The van der Waals surface area contributed by atoms with Crippen molar-refractivity contribution < 1.29 is 14.0 Å². The van der Waals surface area contributed by atoms with Crippen LogP contribution < -0.4 is 5.32 Å². The lowest BCUT2D eigenvalue weighted by atomic mass is 10.0. The van der Waals surface area contributed by atoms with Crippen LogP contribution in [-0.2, 0) is 4.79 Å². The summed E-state index contributed by atoms with van der Waals surface area (Å²) in [7, 11) is 0. The molecule has 1 atom stereocenters. The molecule has 0 spiro atoms. The molecule has 0 radical (unpaired) electrons. The molecule has 0 bridgehead atoms. The molecule has 2 aromatic rings. The Kier molecular flexibility index (Phi) is 4.89. The van der Waals surface area contributed by atoms with Crippen LogP contribution in [0.15, 0.2) is 36.8 Å². The molecule has 2 saturated heterocycles. The van der Waals surface area contributed by atoms with E-state index in [2.05, 4.69) is 10.3 Å². The van der Waals surface area contributed by atoms with Crippen molar-refractivity contribution in [3.63, 3.8) is 0 Å². The van der Waals surface area contributed by atoms with Gasteiger partial charge in [-0.15, -0.1) is 0 Å². The molecule has 4 rings (SSSR count). The zero-order chi connectivity index (χ0) is 18.8. The predicted molar refractivity (Wildman–Crippen MR) is 97.0 cm³/mol. The van der Waals surface area contributed by atoms with Gasteiger partial charge in [-0.1, -0.05) is 0 Å². The maximum absolute atomic E-state index is 13.2. The first-order valence-corrected chi connectivity index (χ1v) is 9.21. The molecule has 142 valence electrons. The highest BCUT2D eigenvalue weighted by molar-refractivity contribution is 5.93. The van der Waals surface area contributed by atoms with Crippen LogP contribution in [0.2, 0.25) is 0 Å². The molecule has 2 aliphatic rings. The first-order valence-electron chi connectivity index (χ1n) is 9.21. The van der Waals surface area contributed by atoms with Crippen molar-refractivity contribution in [2.24, 2.45) is 0 Å². The average Bonchev–Trinajstić information content (AvgIpc) is 3.18. The highest BCUT2D eigenvalue weighted by atomic mass is 19.1. The van der Waals surface area contributed by atoms with Gasteiger partial charge in [-0.25, -0.2) is 9.37 Å². The Bertz CT molecular complexity index is 835. The average molecular weight is 371 g/mol. The van der Waals surface area contributed by atoms with Crippen LogP contribution in [-0.4, -0.2) is 69.9 Å². The lowest BCUT2D eigenvalue weighted by Crippen LogP contribution is -2.57. The molecule has 27 heavy (non-hydrogen) atoms. The van der Waals surface area contributed by atoms with Crippen LogP contribution in [0.25, 0.3) is 5.69 Å². The Labute approximate surface area is 156 Å². The minimum Gasteiger partial charge on any atom is -0.336 e. The Morgan fingerprint density at radius 2 is 2.04 bits per heavy atom. The van der Waals surface area contributed by atoms with Crippen LogP contribution in [0.1, 0.15) is 23.3 Å². The van der Waals surface area contributed by atoms with Gasteiger partial charge in [0.15, 0.2) is 0 Å². The molecule has 0 saturated carbocycles. The third-order valence-electron chi connectivity index (χ3n) is 5.21. The minimum atomic E-state index is -0.327. The van der Waals surface area contributed by atoms with Gasteiger partial charge in [0.1, 0.15) is 11.5 Å². The molecule has 2 amide bonds. The summed E-state index contributed by atoms with van der Waals surface area (Å²) in [6.07, 6.45) is 4.86. The van der Waals surface area contributed by atoms with Gasteiger partial charge in [0, 0.05) is 37.9 Å². The second-order valence-corrected chi connectivity index (χ2v) is 6.94. The molecule has 2 aliphatic heterocycles. The number of nitrogens with zero attached hydrogens (tertiary/aromatic N) is 4. The van der Waals surface area contributed by atoms with Crippen LogP contribution in [0.3, 0.4) is 0 Å². The second-order valence-electron chi connectivity index (χ2n) is 6.94. The maximum Gasteiger partial charge on any atom is 0.272 e. The van der Waals surface area contributed by atoms with Gasteiger partial charge in [0.2, 0.25) is 5.91 Å². The fourth-order valence-corrected chi connectivity index (χ4v) is 3.82. The monoisotopic (exact) mass is 371 g/mol. The first-order chi connectivity index (χ1) is 13.1. The number of carbonyl (C=O) groups excluding carboxylic acids is 2. The van der Waals surface area contributed by atoms with Crippen molar-refractivity contribution in [3.05, 3.63) is 48.3 Å². The molecule has 8 heteroatoms. The van der Waals surface area contributed by atoms with Crippen molar-refractivity contribution in [3.8, 4) is 5.69 Å². The summed E-state index contributed by atoms with van der Waals surface area (Å²) in [5.41, 5.74) is 1.12. The predicted octanol–water partition coefficient (Wildman–Crippen LogP) is 1.05. The summed E-state index contributed by atoms with van der Waals surface area (Å²) < 4.78 is 14.9. The number of benzene rings is 1. The van der Waals surface area contributed by atoms with Gasteiger partial charge in [-0.3, -0.25) is 14.2 Å². The number of imidazole rings is 1. The molecular weight excluding hydrogens is 349 g/mol. The van der Waals surface area contributed by atoms with Gasteiger partial charge < -0.3 is 15.1 Å². The number of hydrogen-bond acceptors (Lipinski definition) is 4. The lowest BCUT2D eigenvalue weighted by molar-refractivity contribution is -0.135. The zero-order valence-electron chi connectivity index (χ0n) is 15.0. The van der Waals surface area contributed by atoms with Crippen molar-refractivity contribution in [1.82, 2.24) is 24.7 Å². The smallest absolute Gasteiger partial charge is 0.272 e. The number of nitrogens with one attached hydrogen (secondary N) is 1. The van der Waals surface area contributed by atoms with Crippen LogP contribution >= 0.6 is 0 Å². The van der Waals surface area contributed by atoms with Crippen molar-refractivity contribution in [2.75, 3.05) is 32.7 Å². The van der Waals surface area contributed by atoms with Crippen molar-refractivity contribution in [1.29, 1.82) is 0 Å². The Balaban J connectivity index is 1.52. The molecule has 3 heterocycles. The number of aromatic nitrogens is 2. The van der Waals surface area contributed by atoms with Gasteiger partial charge in [-0.2, -0.15) is 0 Å². The summed E-state index contributed by atoms with van der Waals surface area (Å²) in [4.78, 5) is 33.1. The number of rotatable bonds is 3. The third kappa shape index (κ3) is 3.57. The minimum absolute atomic E-state index is 0.0551. The third-order valence-corrected chi connectivity index (χ3v) is 5.21. The van der Waals surface area contributed by atoms with Crippen molar-refractivity contribution >= 4 is 11.8 Å². The fourth-order valence-electron chi connectivity index (χ4n) is 3.82. The molecule has 2 fully saturated rings. The van der Waals surface area contributed by atoms with E-state index in [9.17, 15) is 14.0 Å². The van der Waals surface area contributed by atoms with Gasteiger partial charge in [-0.05, 0) is 37.1 Å². The standard InChI is InChI=1S/C19H22FN5O2/c20-14-3-5-15(6-4-14)25-13-22-10-17(25)19(27)23-8-1-2-16(12-23)24-9-7-21-11-18(24)26/h3-6,10,13,16,21H,1-2,7-9,11-12H2. The number of piperazine rings is 1. The van der Waals surface area contributed by atoms with E-state index in [1.165, 1.54) is 18.3 Å². The lowest BCUT2D eigenvalue weighted by Gasteiger charge is -2.41. The Morgan fingerprint density at radius 1 is 1.22 bits per heavy atom. The number of hydrogen-bond donors (Lipinski definition) is 1. The zero-order valence-corrected chi connectivity index (χ0v) is 15.0. The Morgan fingerprint density at radius 3 is 2.81 bits per heavy atom.